The van der Waals surface area contributed by atoms with Gasteiger partial charge >= 0.3 is 0 Å². The lowest BCUT2D eigenvalue weighted by molar-refractivity contribution is 0.178. The van der Waals surface area contributed by atoms with Gasteiger partial charge in [0.1, 0.15) is 0 Å². The van der Waals surface area contributed by atoms with Gasteiger partial charge in [-0.05, 0) is 67.8 Å². The minimum Gasteiger partial charge on any atom is -0.388 e. The quantitative estimate of drug-likeness (QED) is 0.792. The van der Waals surface area contributed by atoms with E-state index in [1.165, 1.54) is 3.57 Å². The molecule has 4 heteroatoms. The zero-order valence-electron chi connectivity index (χ0n) is 8.98. The lowest BCUT2D eigenvalue weighted by atomic mass is 10.0. The van der Waals surface area contributed by atoms with E-state index in [9.17, 15) is 5.11 Å². The van der Waals surface area contributed by atoms with Crippen molar-refractivity contribution in [2.24, 2.45) is 0 Å². The molecule has 1 atom stereocenters. The van der Waals surface area contributed by atoms with Gasteiger partial charge in [0, 0.05) is 26.9 Å². The standard InChI is InChI=1S/C13H11BrINO/c14-11-5-9(7-16-8-11)6-13(17)10-1-3-12(15)4-2-10/h1-5,7-8,13,17H,6H2. The van der Waals surface area contributed by atoms with E-state index in [-0.39, 0.29) is 0 Å². The van der Waals surface area contributed by atoms with Crippen molar-refractivity contribution < 1.29 is 5.11 Å². The molecule has 0 saturated carbocycles. The molecular weight excluding hydrogens is 393 g/mol. The third-order valence-electron chi connectivity index (χ3n) is 2.45. The summed E-state index contributed by atoms with van der Waals surface area (Å²) in [6.07, 6.45) is 3.61. The number of aliphatic hydroxyl groups excluding tert-OH is 1. The summed E-state index contributed by atoms with van der Waals surface area (Å²) in [5.74, 6) is 0. The number of benzene rings is 1. The number of hydrogen-bond donors (Lipinski definition) is 1. The van der Waals surface area contributed by atoms with Crippen molar-refractivity contribution in [2.45, 2.75) is 12.5 Å². The van der Waals surface area contributed by atoms with Crippen molar-refractivity contribution in [3.8, 4) is 0 Å². The third kappa shape index (κ3) is 3.76. The summed E-state index contributed by atoms with van der Waals surface area (Å²) in [7, 11) is 0. The average Bonchev–Trinajstić information content (AvgIpc) is 2.29. The molecular formula is C13H11BrINO. The monoisotopic (exact) mass is 403 g/mol. The number of aromatic nitrogens is 1. The number of aliphatic hydroxyl groups is 1. The molecule has 0 aliphatic rings. The van der Waals surface area contributed by atoms with Crippen LogP contribution in [0.2, 0.25) is 0 Å². The van der Waals surface area contributed by atoms with Gasteiger partial charge in [0.2, 0.25) is 0 Å². The van der Waals surface area contributed by atoms with E-state index in [2.05, 4.69) is 43.5 Å². The Morgan fingerprint density at radius 1 is 1.24 bits per heavy atom. The Labute approximate surface area is 122 Å². The maximum Gasteiger partial charge on any atom is 0.0830 e. The zero-order chi connectivity index (χ0) is 12.3. The van der Waals surface area contributed by atoms with Crippen LogP contribution < -0.4 is 0 Å². The van der Waals surface area contributed by atoms with Crippen LogP contribution in [0, 0.1) is 3.57 Å². The van der Waals surface area contributed by atoms with Crippen molar-refractivity contribution >= 4 is 38.5 Å². The van der Waals surface area contributed by atoms with Crippen LogP contribution in [0.25, 0.3) is 0 Å². The molecule has 0 aliphatic heterocycles. The van der Waals surface area contributed by atoms with Gasteiger partial charge in [0.15, 0.2) is 0 Å². The first-order valence-electron chi connectivity index (χ1n) is 5.18. The Kier molecular flexibility index (Phi) is 4.53. The summed E-state index contributed by atoms with van der Waals surface area (Å²) >= 11 is 5.62. The van der Waals surface area contributed by atoms with Crippen LogP contribution in [0.1, 0.15) is 17.2 Å². The van der Waals surface area contributed by atoms with E-state index in [1.807, 2.05) is 30.3 Å². The minimum absolute atomic E-state index is 0.483. The highest BCUT2D eigenvalue weighted by molar-refractivity contribution is 14.1. The predicted molar refractivity (Wildman–Crippen MR) is 79.8 cm³/mol. The van der Waals surface area contributed by atoms with E-state index in [0.29, 0.717) is 6.42 Å². The molecule has 2 nitrogen and oxygen atoms in total. The van der Waals surface area contributed by atoms with Gasteiger partial charge in [-0.3, -0.25) is 4.98 Å². The zero-order valence-corrected chi connectivity index (χ0v) is 12.7. The number of hydrogen-bond acceptors (Lipinski definition) is 2. The number of nitrogens with zero attached hydrogens (tertiary/aromatic N) is 1. The molecule has 0 radical (unpaired) electrons. The number of rotatable bonds is 3. The second-order valence-electron chi connectivity index (χ2n) is 3.78. The second kappa shape index (κ2) is 5.93. The van der Waals surface area contributed by atoms with Crippen LogP contribution in [-0.2, 0) is 6.42 Å². The fourth-order valence-corrected chi connectivity index (χ4v) is 2.37. The largest absolute Gasteiger partial charge is 0.388 e. The average molecular weight is 404 g/mol. The Morgan fingerprint density at radius 2 is 1.94 bits per heavy atom. The SMILES string of the molecule is OC(Cc1cncc(Br)c1)c1ccc(I)cc1. The molecule has 2 rings (SSSR count). The molecule has 1 aromatic carbocycles. The first-order valence-corrected chi connectivity index (χ1v) is 7.05. The van der Waals surface area contributed by atoms with Crippen LogP contribution in [0.15, 0.2) is 47.2 Å². The van der Waals surface area contributed by atoms with Gasteiger partial charge in [-0.2, -0.15) is 0 Å². The third-order valence-corrected chi connectivity index (χ3v) is 3.60. The number of halogens is 2. The minimum atomic E-state index is -0.483. The van der Waals surface area contributed by atoms with E-state index >= 15 is 0 Å². The molecule has 0 spiro atoms. The Balaban J connectivity index is 2.11. The molecule has 2 aromatic rings. The van der Waals surface area contributed by atoms with Gasteiger partial charge in [0.05, 0.1) is 6.10 Å². The van der Waals surface area contributed by atoms with Gasteiger partial charge in [0.25, 0.3) is 0 Å². The lowest BCUT2D eigenvalue weighted by Gasteiger charge is -2.11. The molecule has 0 bridgehead atoms. The van der Waals surface area contributed by atoms with Gasteiger partial charge in [-0.15, -0.1) is 0 Å². The van der Waals surface area contributed by atoms with Gasteiger partial charge < -0.3 is 5.11 Å². The first-order chi connectivity index (χ1) is 8.15. The van der Waals surface area contributed by atoms with Crippen molar-refractivity contribution in [2.75, 3.05) is 0 Å². The summed E-state index contributed by atoms with van der Waals surface area (Å²) in [6, 6.07) is 9.88. The molecule has 1 unspecified atom stereocenters. The van der Waals surface area contributed by atoms with Crippen molar-refractivity contribution in [3.63, 3.8) is 0 Å². The van der Waals surface area contributed by atoms with Crippen LogP contribution in [0.5, 0.6) is 0 Å². The molecule has 0 fully saturated rings. The fourth-order valence-electron chi connectivity index (χ4n) is 1.59. The summed E-state index contributed by atoms with van der Waals surface area (Å²) in [4.78, 5) is 4.09. The Hall–Kier alpha value is -0.460. The maximum atomic E-state index is 10.1. The van der Waals surface area contributed by atoms with E-state index in [0.717, 1.165) is 15.6 Å². The summed E-state index contributed by atoms with van der Waals surface area (Å²) in [6.45, 7) is 0. The molecule has 0 aliphatic carbocycles. The maximum absolute atomic E-state index is 10.1. The molecule has 17 heavy (non-hydrogen) atoms. The van der Waals surface area contributed by atoms with Crippen LogP contribution in [-0.4, -0.2) is 10.1 Å². The van der Waals surface area contributed by atoms with Crippen LogP contribution in [0.4, 0.5) is 0 Å². The topological polar surface area (TPSA) is 33.1 Å². The van der Waals surface area contributed by atoms with E-state index in [4.69, 9.17) is 0 Å². The highest BCUT2D eigenvalue weighted by atomic mass is 127. The summed E-state index contributed by atoms with van der Waals surface area (Å²) < 4.78 is 2.10. The van der Waals surface area contributed by atoms with Gasteiger partial charge in [-0.1, -0.05) is 12.1 Å². The van der Waals surface area contributed by atoms with Crippen molar-refractivity contribution in [3.05, 3.63) is 61.9 Å². The molecule has 1 aromatic heterocycles. The normalized spacial score (nSPS) is 12.4. The summed E-state index contributed by atoms with van der Waals surface area (Å²) in [5, 5.41) is 10.1. The van der Waals surface area contributed by atoms with Crippen molar-refractivity contribution in [1.29, 1.82) is 0 Å². The van der Waals surface area contributed by atoms with E-state index < -0.39 is 6.10 Å². The van der Waals surface area contributed by atoms with Gasteiger partial charge in [-0.25, -0.2) is 0 Å². The highest BCUT2D eigenvalue weighted by Crippen LogP contribution is 2.20. The predicted octanol–water partition coefficient (Wildman–Crippen LogP) is 3.72. The lowest BCUT2D eigenvalue weighted by Crippen LogP contribution is -2.02. The van der Waals surface area contributed by atoms with E-state index in [1.54, 1.807) is 12.4 Å². The Bertz CT molecular complexity index is 501. The van der Waals surface area contributed by atoms with Crippen LogP contribution in [0.3, 0.4) is 0 Å². The molecule has 0 saturated heterocycles. The smallest absolute Gasteiger partial charge is 0.0830 e. The highest BCUT2D eigenvalue weighted by Gasteiger charge is 2.08. The molecule has 1 heterocycles. The fraction of sp³-hybridized carbons (Fsp3) is 0.154. The molecule has 1 N–H and O–H groups in total. The molecule has 0 amide bonds. The molecule has 88 valence electrons. The van der Waals surface area contributed by atoms with Crippen LogP contribution >= 0.6 is 38.5 Å². The summed E-state index contributed by atoms with van der Waals surface area (Å²) in [5.41, 5.74) is 1.95. The number of pyridine rings is 1. The van der Waals surface area contributed by atoms with Crippen molar-refractivity contribution in [1.82, 2.24) is 4.98 Å². The first kappa shape index (κ1) is 13.0. The second-order valence-corrected chi connectivity index (χ2v) is 5.94. The Morgan fingerprint density at radius 3 is 2.59 bits per heavy atom.